The maximum Gasteiger partial charge on any atom is 0.0621 e. The van der Waals surface area contributed by atoms with Gasteiger partial charge in [-0.05, 0) is 29.7 Å². The summed E-state index contributed by atoms with van der Waals surface area (Å²) >= 11 is 15.8. The van der Waals surface area contributed by atoms with Gasteiger partial charge in [-0.15, -0.1) is 11.6 Å². The van der Waals surface area contributed by atoms with Crippen molar-refractivity contribution in [1.82, 2.24) is 4.98 Å². The van der Waals surface area contributed by atoms with Gasteiger partial charge in [-0.2, -0.15) is 0 Å². The molecule has 18 heavy (non-hydrogen) atoms. The Balaban J connectivity index is 2.26. The number of benzene rings is 1. The van der Waals surface area contributed by atoms with Crippen molar-refractivity contribution in [3.05, 3.63) is 63.3 Å². The van der Waals surface area contributed by atoms with E-state index in [2.05, 4.69) is 27.0 Å². The molecule has 1 unspecified atom stereocenters. The predicted molar refractivity (Wildman–Crippen MR) is 80.6 cm³/mol. The Morgan fingerprint density at radius 1 is 1.22 bits per heavy atom. The lowest BCUT2D eigenvalue weighted by Gasteiger charge is -2.16. The second-order valence-corrected chi connectivity index (χ2v) is 5.61. The molecule has 0 amide bonds. The fraction of sp³-hybridized carbons (Fsp3) is 0.214. The molecule has 1 nitrogen and oxygen atoms in total. The van der Waals surface area contributed by atoms with Crippen LogP contribution in [0.15, 0.2) is 47.2 Å². The molecule has 4 heteroatoms. The minimum atomic E-state index is 0.238. The van der Waals surface area contributed by atoms with E-state index in [4.69, 9.17) is 23.2 Å². The Labute approximate surface area is 125 Å². The van der Waals surface area contributed by atoms with Gasteiger partial charge in [0.05, 0.1) is 5.02 Å². The Morgan fingerprint density at radius 2 is 2.00 bits per heavy atom. The van der Waals surface area contributed by atoms with Crippen LogP contribution in [0.1, 0.15) is 17.0 Å². The maximum atomic E-state index is 6.14. The summed E-state index contributed by atoms with van der Waals surface area (Å²) < 4.78 is 1.08. The molecule has 0 radical (unpaired) electrons. The van der Waals surface area contributed by atoms with Crippen molar-refractivity contribution in [3.8, 4) is 0 Å². The molecule has 1 aromatic heterocycles. The molecule has 1 atom stereocenters. The van der Waals surface area contributed by atoms with Crippen LogP contribution in [0.25, 0.3) is 0 Å². The lowest BCUT2D eigenvalue weighted by molar-refractivity contribution is 0.761. The summed E-state index contributed by atoms with van der Waals surface area (Å²) in [6, 6.07) is 10.1. The number of hydrogen-bond acceptors (Lipinski definition) is 1. The van der Waals surface area contributed by atoms with Gasteiger partial charge in [0.15, 0.2) is 0 Å². The summed E-state index contributed by atoms with van der Waals surface area (Å²) in [7, 11) is 0. The van der Waals surface area contributed by atoms with E-state index in [1.165, 1.54) is 5.56 Å². The summed E-state index contributed by atoms with van der Waals surface area (Å²) in [6.45, 7) is 0. The van der Waals surface area contributed by atoms with E-state index in [1.54, 1.807) is 12.4 Å². The molecule has 2 aromatic rings. The smallest absolute Gasteiger partial charge is 0.0621 e. The van der Waals surface area contributed by atoms with Gasteiger partial charge in [-0.1, -0.05) is 45.7 Å². The molecular formula is C14H12BrCl2N. The van der Waals surface area contributed by atoms with Crippen molar-refractivity contribution < 1.29 is 0 Å². The van der Waals surface area contributed by atoms with E-state index in [9.17, 15) is 0 Å². The largest absolute Gasteiger partial charge is 0.263 e. The summed E-state index contributed by atoms with van der Waals surface area (Å²) in [5.41, 5.74) is 2.29. The first-order chi connectivity index (χ1) is 8.72. The Bertz CT molecular complexity index is 531. The molecule has 2 rings (SSSR count). The lowest BCUT2D eigenvalue weighted by Crippen LogP contribution is -2.06. The van der Waals surface area contributed by atoms with Crippen LogP contribution in [0.2, 0.25) is 5.02 Å². The minimum absolute atomic E-state index is 0.238. The zero-order valence-corrected chi connectivity index (χ0v) is 12.7. The Kier molecular flexibility index (Phi) is 5.04. The van der Waals surface area contributed by atoms with Gasteiger partial charge < -0.3 is 0 Å². The molecule has 94 valence electrons. The van der Waals surface area contributed by atoms with Gasteiger partial charge >= 0.3 is 0 Å². The van der Waals surface area contributed by atoms with Gasteiger partial charge in [0.25, 0.3) is 0 Å². The summed E-state index contributed by atoms with van der Waals surface area (Å²) in [6.07, 6.45) is 4.24. The molecule has 0 spiro atoms. The third kappa shape index (κ3) is 3.25. The summed E-state index contributed by atoms with van der Waals surface area (Å²) in [4.78, 5) is 3.99. The van der Waals surface area contributed by atoms with Crippen molar-refractivity contribution in [2.75, 3.05) is 5.88 Å². The highest BCUT2D eigenvalue weighted by molar-refractivity contribution is 9.10. The standard InChI is InChI=1S/C14H12BrCl2N/c15-13-4-2-1-3-12(13)11(8-16)7-10-5-6-18-9-14(10)17/h1-6,9,11H,7-8H2. The van der Waals surface area contributed by atoms with Gasteiger partial charge in [0, 0.05) is 28.7 Å². The van der Waals surface area contributed by atoms with Crippen molar-refractivity contribution in [3.63, 3.8) is 0 Å². The number of nitrogens with zero attached hydrogens (tertiary/aromatic N) is 1. The van der Waals surface area contributed by atoms with E-state index in [1.807, 2.05) is 24.3 Å². The van der Waals surface area contributed by atoms with Gasteiger partial charge in [0.2, 0.25) is 0 Å². The molecule has 0 N–H and O–H groups in total. The monoisotopic (exact) mass is 343 g/mol. The van der Waals surface area contributed by atoms with E-state index in [-0.39, 0.29) is 5.92 Å². The zero-order valence-electron chi connectivity index (χ0n) is 9.61. The van der Waals surface area contributed by atoms with Crippen LogP contribution in [0.4, 0.5) is 0 Å². The molecule has 0 fully saturated rings. The number of halogens is 3. The third-order valence-electron chi connectivity index (χ3n) is 2.85. The molecule has 0 bridgehead atoms. The topological polar surface area (TPSA) is 12.9 Å². The second kappa shape index (κ2) is 6.55. The summed E-state index contributed by atoms with van der Waals surface area (Å²) in [5.74, 6) is 0.795. The summed E-state index contributed by atoms with van der Waals surface area (Å²) in [5, 5.41) is 0.694. The van der Waals surface area contributed by atoms with Gasteiger partial charge in [0.1, 0.15) is 0 Å². The number of hydrogen-bond donors (Lipinski definition) is 0. The molecule has 0 aliphatic rings. The normalized spacial score (nSPS) is 12.4. The fourth-order valence-corrected chi connectivity index (χ4v) is 2.97. The molecule has 0 aliphatic heterocycles. The van der Waals surface area contributed by atoms with Crippen LogP contribution in [0, 0.1) is 0 Å². The average Bonchev–Trinajstić information content (AvgIpc) is 2.39. The molecule has 0 saturated heterocycles. The van der Waals surface area contributed by atoms with E-state index < -0.39 is 0 Å². The average molecular weight is 345 g/mol. The molecule has 0 aliphatic carbocycles. The zero-order chi connectivity index (χ0) is 13.0. The molecular weight excluding hydrogens is 333 g/mol. The highest BCUT2D eigenvalue weighted by atomic mass is 79.9. The van der Waals surface area contributed by atoms with Crippen LogP contribution in [0.3, 0.4) is 0 Å². The van der Waals surface area contributed by atoms with Crippen LogP contribution in [-0.4, -0.2) is 10.9 Å². The number of rotatable bonds is 4. The van der Waals surface area contributed by atoms with Crippen LogP contribution < -0.4 is 0 Å². The predicted octanol–water partition coefficient (Wildman–Crippen LogP) is 5.06. The van der Waals surface area contributed by atoms with E-state index in [0.717, 1.165) is 16.5 Å². The van der Waals surface area contributed by atoms with Crippen molar-refractivity contribution in [2.45, 2.75) is 12.3 Å². The number of aromatic nitrogens is 1. The number of alkyl halides is 1. The van der Waals surface area contributed by atoms with Crippen molar-refractivity contribution >= 4 is 39.1 Å². The van der Waals surface area contributed by atoms with Crippen LogP contribution in [0.5, 0.6) is 0 Å². The number of pyridine rings is 1. The highest BCUT2D eigenvalue weighted by Crippen LogP contribution is 2.30. The fourth-order valence-electron chi connectivity index (χ4n) is 1.89. The quantitative estimate of drug-likeness (QED) is 0.706. The second-order valence-electron chi connectivity index (χ2n) is 4.04. The third-order valence-corrected chi connectivity index (χ3v) is 4.29. The first-order valence-corrected chi connectivity index (χ1v) is 7.31. The highest BCUT2D eigenvalue weighted by Gasteiger charge is 2.15. The Morgan fingerprint density at radius 3 is 2.67 bits per heavy atom. The first kappa shape index (κ1) is 13.9. The van der Waals surface area contributed by atoms with Crippen LogP contribution >= 0.6 is 39.1 Å². The van der Waals surface area contributed by atoms with E-state index >= 15 is 0 Å². The maximum absolute atomic E-state index is 6.14. The van der Waals surface area contributed by atoms with Gasteiger partial charge in [-0.25, -0.2) is 0 Å². The van der Waals surface area contributed by atoms with Gasteiger partial charge in [-0.3, -0.25) is 4.98 Å². The van der Waals surface area contributed by atoms with Crippen molar-refractivity contribution in [2.24, 2.45) is 0 Å². The lowest BCUT2D eigenvalue weighted by atomic mass is 9.94. The first-order valence-electron chi connectivity index (χ1n) is 5.61. The molecule has 1 aromatic carbocycles. The van der Waals surface area contributed by atoms with E-state index in [0.29, 0.717) is 10.9 Å². The van der Waals surface area contributed by atoms with Crippen molar-refractivity contribution in [1.29, 1.82) is 0 Å². The molecule has 0 saturated carbocycles. The molecule has 1 heterocycles. The van der Waals surface area contributed by atoms with Crippen LogP contribution in [-0.2, 0) is 6.42 Å². The minimum Gasteiger partial charge on any atom is -0.263 e. The Hall–Kier alpha value is -0.570. The SMILES string of the molecule is ClCC(Cc1ccncc1Cl)c1ccccc1Br.